The number of aromatic nitrogens is 3. The highest BCUT2D eigenvalue weighted by atomic mass is 16.4. The molecule has 1 aliphatic heterocycles. The lowest BCUT2D eigenvalue weighted by Crippen LogP contribution is -2.39. The zero-order valence-corrected chi connectivity index (χ0v) is 15.1. The van der Waals surface area contributed by atoms with Crippen LogP contribution < -0.4 is 5.76 Å². The van der Waals surface area contributed by atoms with Crippen LogP contribution in [0.15, 0.2) is 63.8 Å². The fourth-order valence-corrected chi connectivity index (χ4v) is 3.74. The van der Waals surface area contributed by atoms with Gasteiger partial charge in [0.15, 0.2) is 0 Å². The van der Waals surface area contributed by atoms with Gasteiger partial charge in [-0.3, -0.25) is 4.79 Å². The Morgan fingerprint density at radius 2 is 1.89 bits per heavy atom. The van der Waals surface area contributed by atoms with E-state index >= 15 is 0 Å². The van der Waals surface area contributed by atoms with E-state index in [4.69, 9.17) is 4.42 Å². The summed E-state index contributed by atoms with van der Waals surface area (Å²) in [7, 11) is 0. The number of H-pyrrole nitrogens is 1. The standard InChI is InChI=1S/C21H18N4O3/c26-19(13-25-21(27)28-20(23-25)14-6-2-1-3-7-14)24-11-10-16-15-8-4-5-9-17(15)22-18(16)12-24/h1-9,22H,10-13H2. The number of amides is 1. The van der Waals surface area contributed by atoms with Gasteiger partial charge in [-0.1, -0.05) is 36.4 Å². The summed E-state index contributed by atoms with van der Waals surface area (Å²) in [6.07, 6.45) is 0.786. The van der Waals surface area contributed by atoms with Crippen LogP contribution in [-0.4, -0.2) is 32.1 Å². The quantitative estimate of drug-likeness (QED) is 0.597. The molecule has 0 radical (unpaired) electrons. The van der Waals surface area contributed by atoms with Crippen LogP contribution in [-0.2, 0) is 24.3 Å². The third-order valence-corrected chi connectivity index (χ3v) is 5.15. The van der Waals surface area contributed by atoms with Crippen LogP contribution in [0.4, 0.5) is 0 Å². The molecule has 0 bridgehead atoms. The first-order valence-electron chi connectivity index (χ1n) is 9.18. The molecule has 4 aromatic rings. The molecule has 2 aromatic carbocycles. The molecule has 0 saturated heterocycles. The van der Waals surface area contributed by atoms with E-state index in [2.05, 4.69) is 16.1 Å². The first-order chi connectivity index (χ1) is 13.7. The van der Waals surface area contributed by atoms with Gasteiger partial charge in [-0.25, -0.2) is 4.79 Å². The van der Waals surface area contributed by atoms with Gasteiger partial charge in [-0.05, 0) is 30.2 Å². The van der Waals surface area contributed by atoms with Gasteiger partial charge in [0.1, 0.15) is 6.54 Å². The van der Waals surface area contributed by atoms with Gasteiger partial charge in [-0.2, -0.15) is 4.68 Å². The summed E-state index contributed by atoms with van der Waals surface area (Å²) in [6.45, 7) is 0.984. The van der Waals surface area contributed by atoms with Gasteiger partial charge >= 0.3 is 5.76 Å². The molecule has 1 aliphatic rings. The average molecular weight is 374 g/mol. The van der Waals surface area contributed by atoms with Crippen LogP contribution in [0.25, 0.3) is 22.4 Å². The summed E-state index contributed by atoms with van der Waals surface area (Å²) >= 11 is 0. The highest BCUT2D eigenvalue weighted by Gasteiger charge is 2.25. The Morgan fingerprint density at radius 3 is 2.75 bits per heavy atom. The summed E-state index contributed by atoms with van der Waals surface area (Å²) in [5.41, 5.74) is 4.11. The SMILES string of the molecule is O=C(Cn1nc(-c2ccccc2)oc1=O)N1CCc2c([nH]c3ccccc23)C1. The number of carbonyl (C=O) groups excluding carboxylic acids is 1. The number of fused-ring (bicyclic) bond motifs is 3. The Labute approximate surface area is 160 Å². The summed E-state index contributed by atoms with van der Waals surface area (Å²) in [5.74, 6) is -0.565. The number of hydrogen-bond donors (Lipinski definition) is 1. The largest absolute Gasteiger partial charge is 0.437 e. The van der Waals surface area contributed by atoms with Crippen molar-refractivity contribution >= 4 is 16.8 Å². The molecular formula is C21H18N4O3. The van der Waals surface area contributed by atoms with Gasteiger partial charge in [-0.15, -0.1) is 5.10 Å². The normalized spacial score (nSPS) is 13.6. The van der Waals surface area contributed by atoms with Crippen LogP contribution in [0.1, 0.15) is 11.3 Å². The summed E-state index contributed by atoms with van der Waals surface area (Å²) in [6, 6.07) is 17.3. The van der Waals surface area contributed by atoms with E-state index in [0.29, 0.717) is 18.7 Å². The molecule has 0 atom stereocenters. The molecule has 0 saturated carbocycles. The summed E-state index contributed by atoms with van der Waals surface area (Å²) in [5, 5.41) is 5.39. The lowest BCUT2D eigenvalue weighted by atomic mass is 10.0. The maximum Gasteiger partial charge on any atom is 0.437 e. The molecule has 28 heavy (non-hydrogen) atoms. The van der Waals surface area contributed by atoms with Crippen molar-refractivity contribution in [3.8, 4) is 11.5 Å². The number of aromatic amines is 1. The third kappa shape index (κ3) is 2.81. The number of benzene rings is 2. The summed E-state index contributed by atoms with van der Waals surface area (Å²) < 4.78 is 6.29. The van der Waals surface area contributed by atoms with Crippen LogP contribution in [0.2, 0.25) is 0 Å². The molecule has 1 amide bonds. The predicted octanol–water partition coefficient (Wildman–Crippen LogP) is 2.57. The smallest absolute Gasteiger partial charge is 0.388 e. The van der Waals surface area contributed by atoms with Gasteiger partial charge in [0.25, 0.3) is 0 Å². The minimum absolute atomic E-state index is 0.134. The average Bonchev–Trinajstić information content (AvgIpc) is 3.28. The molecule has 3 heterocycles. The predicted molar refractivity (Wildman–Crippen MR) is 104 cm³/mol. The zero-order chi connectivity index (χ0) is 19.1. The second kappa shape index (κ2) is 6.53. The van der Waals surface area contributed by atoms with Gasteiger partial charge < -0.3 is 14.3 Å². The topological polar surface area (TPSA) is 84.1 Å². The minimum atomic E-state index is -0.629. The molecule has 0 aliphatic carbocycles. The molecule has 5 rings (SSSR count). The fraction of sp³-hybridized carbons (Fsp3) is 0.190. The first-order valence-corrected chi connectivity index (χ1v) is 9.18. The second-order valence-electron chi connectivity index (χ2n) is 6.89. The Balaban J connectivity index is 1.35. The number of hydrogen-bond acceptors (Lipinski definition) is 4. The lowest BCUT2D eigenvalue weighted by Gasteiger charge is -2.26. The van der Waals surface area contributed by atoms with Crippen LogP contribution in [0.5, 0.6) is 0 Å². The maximum atomic E-state index is 12.8. The summed E-state index contributed by atoms with van der Waals surface area (Å²) in [4.78, 5) is 30.0. The molecule has 0 fully saturated rings. The minimum Gasteiger partial charge on any atom is -0.388 e. The Hall–Kier alpha value is -3.61. The third-order valence-electron chi connectivity index (χ3n) is 5.15. The number of nitrogens with one attached hydrogen (secondary N) is 1. The van der Waals surface area contributed by atoms with E-state index in [1.807, 2.05) is 36.4 Å². The molecular weight excluding hydrogens is 356 g/mol. The number of rotatable bonds is 3. The van der Waals surface area contributed by atoms with E-state index in [1.54, 1.807) is 17.0 Å². The molecule has 0 spiro atoms. The highest BCUT2D eigenvalue weighted by Crippen LogP contribution is 2.27. The van der Waals surface area contributed by atoms with Gasteiger partial charge in [0.05, 0.1) is 6.54 Å². The number of carbonyl (C=O) groups is 1. The van der Waals surface area contributed by atoms with E-state index in [9.17, 15) is 9.59 Å². The van der Waals surface area contributed by atoms with Crippen molar-refractivity contribution < 1.29 is 9.21 Å². The van der Waals surface area contributed by atoms with Crippen LogP contribution in [0.3, 0.4) is 0 Å². The van der Waals surface area contributed by atoms with Crippen molar-refractivity contribution in [2.75, 3.05) is 6.54 Å². The Morgan fingerprint density at radius 1 is 1.11 bits per heavy atom. The Kier molecular flexibility index (Phi) is 3.86. The van der Waals surface area contributed by atoms with Crippen LogP contribution in [0, 0.1) is 0 Å². The van der Waals surface area contributed by atoms with Crippen molar-refractivity contribution in [2.45, 2.75) is 19.5 Å². The van der Waals surface area contributed by atoms with Gasteiger partial charge in [0, 0.05) is 28.7 Å². The number of para-hydroxylation sites is 1. The van der Waals surface area contributed by atoms with Crippen LogP contribution >= 0.6 is 0 Å². The molecule has 0 unspecified atom stereocenters. The lowest BCUT2D eigenvalue weighted by molar-refractivity contribution is -0.133. The van der Waals surface area contributed by atoms with Crippen molar-refractivity contribution in [2.24, 2.45) is 0 Å². The van der Waals surface area contributed by atoms with Crippen molar-refractivity contribution in [3.05, 3.63) is 76.4 Å². The van der Waals surface area contributed by atoms with Gasteiger partial charge in [0.2, 0.25) is 11.8 Å². The molecule has 2 aromatic heterocycles. The maximum absolute atomic E-state index is 12.8. The molecule has 7 nitrogen and oxygen atoms in total. The second-order valence-corrected chi connectivity index (χ2v) is 6.89. The van der Waals surface area contributed by atoms with E-state index in [-0.39, 0.29) is 18.3 Å². The van der Waals surface area contributed by atoms with Crippen molar-refractivity contribution in [1.29, 1.82) is 0 Å². The zero-order valence-electron chi connectivity index (χ0n) is 15.1. The van der Waals surface area contributed by atoms with E-state index in [1.165, 1.54) is 10.9 Å². The van der Waals surface area contributed by atoms with E-state index < -0.39 is 5.76 Å². The Bertz CT molecular complexity index is 1220. The van der Waals surface area contributed by atoms with Crippen molar-refractivity contribution in [1.82, 2.24) is 19.7 Å². The first kappa shape index (κ1) is 16.6. The fourth-order valence-electron chi connectivity index (χ4n) is 3.74. The molecule has 1 N–H and O–H groups in total. The molecule has 140 valence electrons. The van der Waals surface area contributed by atoms with Crippen molar-refractivity contribution in [3.63, 3.8) is 0 Å². The monoisotopic (exact) mass is 374 g/mol. The van der Waals surface area contributed by atoms with E-state index in [0.717, 1.165) is 22.3 Å². The number of nitrogens with zero attached hydrogens (tertiary/aromatic N) is 3. The highest BCUT2D eigenvalue weighted by molar-refractivity contribution is 5.85. The molecule has 7 heteroatoms.